The molecule has 0 spiro atoms. The fourth-order valence-electron chi connectivity index (χ4n) is 1.30. The lowest BCUT2D eigenvalue weighted by Crippen LogP contribution is -2.01. The Morgan fingerprint density at radius 2 is 1.29 bits per heavy atom. The van der Waals surface area contributed by atoms with Crippen molar-refractivity contribution in [1.29, 1.82) is 0 Å². The van der Waals surface area contributed by atoms with Crippen LogP contribution in [0.4, 0.5) is 0 Å². The normalized spacial score (nSPS) is 10.9. The van der Waals surface area contributed by atoms with Crippen LogP contribution in [0, 0.1) is 0 Å². The third-order valence-corrected chi connectivity index (χ3v) is 3.69. The molecule has 0 heterocycles. The van der Waals surface area contributed by atoms with Crippen molar-refractivity contribution in [2.24, 2.45) is 0 Å². The summed E-state index contributed by atoms with van der Waals surface area (Å²) >= 11 is 5.82. The molecule has 0 saturated heterocycles. The second kappa shape index (κ2) is 4.59. The lowest BCUT2D eigenvalue weighted by atomic mass is 10.4. The zero-order valence-electron chi connectivity index (χ0n) is 7.65. The summed E-state index contributed by atoms with van der Waals surface area (Å²) in [5.74, 6) is 0. The van der Waals surface area contributed by atoms with E-state index in [9.17, 15) is 0 Å². The van der Waals surface area contributed by atoms with Crippen molar-refractivity contribution in [1.82, 2.24) is 0 Å². The molecule has 0 aliphatic rings. The van der Waals surface area contributed by atoms with Crippen molar-refractivity contribution in [2.75, 3.05) is 0 Å². The molecule has 2 rings (SSSR count). The maximum Gasteiger partial charge on any atom is 0.0943 e. The first kappa shape index (κ1) is 9.71. The number of rotatable bonds is 2. The van der Waals surface area contributed by atoms with E-state index in [1.807, 2.05) is 18.2 Å². The van der Waals surface area contributed by atoms with E-state index in [1.165, 1.54) is 10.6 Å². The molecule has 1 unspecified atom stereocenters. The third-order valence-electron chi connectivity index (χ3n) is 2.00. The lowest BCUT2D eigenvalue weighted by Gasteiger charge is -1.94. The maximum atomic E-state index is 5.82. The largest absolute Gasteiger partial charge is 0.0943 e. The van der Waals surface area contributed by atoms with Gasteiger partial charge in [-0.3, -0.25) is 0 Å². The zero-order valence-corrected chi connectivity index (χ0v) is 9.56. The summed E-state index contributed by atoms with van der Waals surface area (Å²) in [6.45, 7) is 0. The molecule has 2 aromatic rings. The summed E-state index contributed by atoms with van der Waals surface area (Å²) in [6, 6.07) is 18.7. The van der Waals surface area contributed by atoms with Gasteiger partial charge in [0.1, 0.15) is 0 Å². The van der Waals surface area contributed by atoms with Crippen LogP contribution >= 0.6 is 20.2 Å². The Morgan fingerprint density at radius 3 is 1.93 bits per heavy atom. The van der Waals surface area contributed by atoms with Crippen LogP contribution in [0.25, 0.3) is 0 Å². The standard InChI is InChI=1S/C12H10ClP/c13-10-6-8-12(9-7-10)14-11-4-2-1-3-5-11/h1-9,14H/p+1. The van der Waals surface area contributed by atoms with Gasteiger partial charge in [0.05, 0.1) is 19.2 Å². The molecule has 0 nitrogen and oxygen atoms in total. The number of hydrogen-bond donors (Lipinski definition) is 0. The summed E-state index contributed by atoms with van der Waals surface area (Å²) in [7, 11) is 0.203. The minimum Gasteiger partial charge on any atom is -0.0843 e. The molecule has 0 aliphatic carbocycles. The summed E-state index contributed by atoms with van der Waals surface area (Å²) in [6.07, 6.45) is 0. The van der Waals surface area contributed by atoms with Gasteiger partial charge in [0.25, 0.3) is 0 Å². The van der Waals surface area contributed by atoms with Crippen LogP contribution in [-0.2, 0) is 0 Å². The minimum atomic E-state index is 0.203. The Bertz CT molecular complexity index is 394. The van der Waals surface area contributed by atoms with E-state index in [1.54, 1.807) is 0 Å². The van der Waals surface area contributed by atoms with Crippen LogP contribution in [-0.4, -0.2) is 0 Å². The van der Waals surface area contributed by atoms with Crippen molar-refractivity contribution in [3.05, 3.63) is 59.6 Å². The summed E-state index contributed by atoms with van der Waals surface area (Å²) in [4.78, 5) is 0. The van der Waals surface area contributed by atoms with Crippen molar-refractivity contribution in [3.63, 3.8) is 0 Å². The predicted molar refractivity (Wildman–Crippen MR) is 66.9 cm³/mol. The van der Waals surface area contributed by atoms with Gasteiger partial charge in [-0.05, 0) is 36.4 Å². The molecule has 14 heavy (non-hydrogen) atoms. The SMILES string of the molecule is Clc1ccc([PH2+]c2ccccc2)cc1. The van der Waals surface area contributed by atoms with Crippen LogP contribution in [0.15, 0.2) is 54.6 Å². The first-order chi connectivity index (χ1) is 6.84. The molecule has 0 aromatic heterocycles. The number of hydrogen-bond acceptors (Lipinski definition) is 0. The first-order valence-corrected chi connectivity index (χ1v) is 6.03. The molecular weight excluding hydrogens is 211 g/mol. The van der Waals surface area contributed by atoms with Crippen molar-refractivity contribution >= 4 is 30.8 Å². The quantitative estimate of drug-likeness (QED) is 0.684. The minimum absolute atomic E-state index is 0.203. The molecule has 2 heteroatoms. The fraction of sp³-hybridized carbons (Fsp3) is 0. The van der Waals surface area contributed by atoms with Crippen LogP contribution in [0.1, 0.15) is 0 Å². The van der Waals surface area contributed by atoms with Crippen LogP contribution in [0.5, 0.6) is 0 Å². The van der Waals surface area contributed by atoms with Gasteiger partial charge in [-0.2, -0.15) is 0 Å². The van der Waals surface area contributed by atoms with E-state index < -0.39 is 0 Å². The van der Waals surface area contributed by atoms with E-state index in [0.717, 1.165) is 5.02 Å². The molecule has 2 aromatic carbocycles. The molecule has 0 saturated carbocycles. The second-order valence-electron chi connectivity index (χ2n) is 3.11. The highest BCUT2D eigenvalue weighted by molar-refractivity contribution is 7.55. The Labute approximate surface area is 90.7 Å². The van der Waals surface area contributed by atoms with Crippen LogP contribution in [0.2, 0.25) is 5.02 Å². The van der Waals surface area contributed by atoms with Crippen LogP contribution in [0.3, 0.4) is 0 Å². The molecule has 1 atom stereocenters. The molecule has 0 N–H and O–H groups in total. The average molecular weight is 222 g/mol. The van der Waals surface area contributed by atoms with E-state index in [-0.39, 0.29) is 8.58 Å². The summed E-state index contributed by atoms with van der Waals surface area (Å²) < 4.78 is 0. The van der Waals surface area contributed by atoms with Crippen molar-refractivity contribution < 1.29 is 0 Å². The number of halogens is 1. The zero-order chi connectivity index (χ0) is 9.80. The van der Waals surface area contributed by atoms with Crippen LogP contribution < -0.4 is 10.6 Å². The topological polar surface area (TPSA) is 0 Å². The Balaban J connectivity index is 2.16. The molecule has 70 valence electrons. The summed E-state index contributed by atoms with van der Waals surface area (Å²) in [5, 5.41) is 3.59. The van der Waals surface area contributed by atoms with Gasteiger partial charge in [-0.25, -0.2) is 0 Å². The molecule has 0 bridgehead atoms. The van der Waals surface area contributed by atoms with Crippen molar-refractivity contribution in [3.8, 4) is 0 Å². The molecular formula is C12H11ClP+. The Hall–Kier alpha value is -0.840. The second-order valence-corrected chi connectivity index (χ2v) is 5.17. The van der Waals surface area contributed by atoms with E-state index >= 15 is 0 Å². The van der Waals surface area contributed by atoms with Gasteiger partial charge in [-0.1, -0.05) is 29.8 Å². The Morgan fingerprint density at radius 1 is 0.714 bits per heavy atom. The highest BCUT2D eigenvalue weighted by Gasteiger charge is 2.02. The fourth-order valence-corrected chi connectivity index (χ4v) is 2.61. The van der Waals surface area contributed by atoms with E-state index in [0.29, 0.717) is 0 Å². The first-order valence-electron chi connectivity index (χ1n) is 4.50. The highest BCUT2D eigenvalue weighted by Crippen LogP contribution is 2.12. The lowest BCUT2D eigenvalue weighted by molar-refractivity contribution is 1.76. The highest BCUT2D eigenvalue weighted by atomic mass is 35.5. The summed E-state index contributed by atoms with van der Waals surface area (Å²) in [5.41, 5.74) is 0. The van der Waals surface area contributed by atoms with Crippen molar-refractivity contribution in [2.45, 2.75) is 0 Å². The Kier molecular flexibility index (Phi) is 3.18. The van der Waals surface area contributed by atoms with Gasteiger partial charge in [0.2, 0.25) is 0 Å². The van der Waals surface area contributed by atoms with Gasteiger partial charge >= 0.3 is 0 Å². The molecule has 0 radical (unpaired) electrons. The molecule has 0 aliphatic heterocycles. The van der Waals surface area contributed by atoms with E-state index in [2.05, 4.69) is 36.4 Å². The smallest absolute Gasteiger partial charge is 0.0843 e. The van der Waals surface area contributed by atoms with E-state index in [4.69, 9.17) is 11.6 Å². The monoisotopic (exact) mass is 221 g/mol. The average Bonchev–Trinajstić information content (AvgIpc) is 2.23. The van der Waals surface area contributed by atoms with Gasteiger partial charge in [-0.15, -0.1) is 0 Å². The molecule has 0 amide bonds. The molecule has 0 fully saturated rings. The predicted octanol–water partition coefficient (Wildman–Crippen LogP) is 2.70. The van der Waals surface area contributed by atoms with Gasteiger partial charge in [0.15, 0.2) is 0 Å². The van der Waals surface area contributed by atoms with Gasteiger partial charge < -0.3 is 0 Å². The number of benzene rings is 2. The van der Waals surface area contributed by atoms with Gasteiger partial charge in [0, 0.05) is 5.02 Å². The third kappa shape index (κ3) is 2.57. The maximum absolute atomic E-state index is 5.82.